The van der Waals surface area contributed by atoms with Crippen molar-refractivity contribution >= 4 is 17.5 Å². The highest BCUT2D eigenvalue weighted by molar-refractivity contribution is 6.03. The number of anilines is 1. The summed E-state index contributed by atoms with van der Waals surface area (Å²) >= 11 is 0. The third-order valence-electron chi connectivity index (χ3n) is 8.63. The van der Waals surface area contributed by atoms with E-state index in [2.05, 4.69) is 15.2 Å². The fourth-order valence-corrected chi connectivity index (χ4v) is 5.90. The predicted octanol–water partition coefficient (Wildman–Crippen LogP) is 4.68. The molecule has 0 unspecified atom stereocenters. The Balaban J connectivity index is 1.43. The minimum atomic E-state index is -0.291. The highest BCUT2D eigenvalue weighted by Crippen LogP contribution is 2.37. The Bertz CT molecular complexity index is 1590. The summed E-state index contributed by atoms with van der Waals surface area (Å²) in [6.45, 7) is 15.0. The van der Waals surface area contributed by atoms with Crippen molar-refractivity contribution in [2.75, 3.05) is 50.9 Å². The van der Waals surface area contributed by atoms with Gasteiger partial charge in [0, 0.05) is 61.1 Å². The van der Waals surface area contributed by atoms with Crippen LogP contribution in [0.5, 0.6) is 5.75 Å². The lowest BCUT2D eigenvalue weighted by Crippen LogP contribution is -2.38. The van der Waals surface area contributed by atoms with Crippen molar-refractivity contribution in [3.8, 4) is 16.9 Å². The number of aromatic amines is 1. The quantitative estimate of drug-likeness (QED) is 0.331. The first-order chi connectivity index (χ1) is 21.2. The molecule has 1 saturated carbocycles. The molecule has 2 N–H and O–H groups in total. The molecule has 0 atom stereocenters. The maximum atomic E-state index is 13.7. The van der Waals surface area contributed by atoms with Crippen LogP contribution in [0.3, 0.4) is 0 Å². The van der Waals surface area contributed by atoms with Gasteiger partial charge in [-0.3, -0.25) is 19.3 Å². The molecular weight excluding hydrogens is 556 g/mol. The van der Waals surface area contributed by atoms with Gasteiger partial charge >= 0.3 is 0 Å². The SMILES string of the molecule is CCN(C(=O)C1CC1)c1cc(-c2ccc(OCCN3CCOCC3)cc2C)cc(C(=O)NCc2c(C)cc(C)[nH]c2=O)c1C. The monoisotopic (exact) mass is 600 g/mol. The van der Waals surface area contributed by atoms with Crippen LogP contribution >= 0.6 is 0 Å². The fourth-order valence-electron chi connectivity index (χ4n) is 5.90. The summed E-state index contributed by atoms with van der Waals surface area (Å²) in [6, 6.07) is 11.8. The van der Waals surface area contributed by atoms with E-state index in [1.165, 1.54) is 0 Å². The van der Waals surface area contributed by atoms with E-state index < -0.39 is 0 Å². The Kier molecular flexibility index (Phi) is 9.86. The van der Waals surface area contributed by atoms with Crippen molar-refractivity contribution in [1.82, 2.24) is 15.2 Å². The number of hydrogen-bond donors (Lipinski definition) is 2. The molecule has 234 valence electrons. The number of nitrogens with zero attached hydrogens (tertiary/aromatic N) is 2. The standard InChI is InChI=1S/C35H44N4O5/c1-6-39(35(42)26-7-8-26)32-20-27(29-10-9-28(18-23(29)3)44-16-13-38-11-14-43-15-12-38)19-30(25(32)5)33(40)36-21-31-22(2)17-24(4)37-34(31)41/h9-10,17-20,26H,6-8,11-16,21H2,1-5H3,(H,36,40)(H,37,41). The van der Waals surface area contributed by atoms with Crippen LogP contribution in [0.15, 0.2) is 41.2 Å². The number of H-pyrrole nitrogens is 1. The number of morpholine rings is 1. The van der Waals surface area contributed by atoms with E-state index in [4.69, 9.17) is 9.47 Å². The number of aryl methyl sites for hydroxylation is 3. The molecule has 1 aromatic heterocycles. The van der Waals surface area contributed by atoms with Crippen molar-refractivity contribution in [2.45, 2.75) is 54.0 Å². The van der Waals surface area contributed by atoms with Crippen molar-refractivity contribution < 1.29 is 19.1 Å². The first-order valence-corrected chi connectivity index (χ1v) is 15.6. The highest BCUT2D eigenvalue weighted by atomic mass is 16.5. The molecule has 1 aliphatic carbocycles. The van der Waals surface area contributed by atoms with Crippen LogP contribution in [0.2, 0.25) is 0 Å². The lowest BCUT2D eigenvalue weighted by molar-refractivity contribution is -0.119. The smallest absolute Gasteiger partial charge is 0.253 e. The Morgan fingerprint density at radius 2 is 1.80 bits per heavy atom. The van der Waals surface area contributed by atoms with Gasteiger partial charge < -0.3 is 24.7 Å². The van der Waals surface area contributed by atoms with Crippen molar-refractivity contribution in [1.29, 1.82) is 0 Å². The molecule has 5 rings (SSSR count). The number of benzene rings is 2. The largest absolute Gasteiger partial charge is 0.492 e. The second-order valence-electron chi connectivity index (χ2n) is 11.9. The first kappa shape index (κ1) is 31.5. The molecule has 2 fully saturated rings. The van der Waals surface area contributed by atoms with Crippen LogP contribution in [0.1, 0.15) is 58.1 Å². The third-order valence-corrected chi connectivity index (χ3v) is 8.63. The number of hydrogen-bond acceptors (Lipinski definition) is 6. The molecule has 9 nitrogen and oxygen atoms in total. The molecule has 0 spiro atoms. The zero-order chi connectivity index (χ0) is 31.4. The van der Waals surface area contributed by atoms with Gasteiger partial charge in [-0.2, -0.15) is 0 Å². The molecule has 1 aliphatic heterocycles. The zero-order valence-corrected chi connectivity index (χ0v) is 26.5. The molecule has 9 heteroatoms. The molecule has 3 aromatic rings. The molecule has 1 saturated heterocycles. The lowest BCUT2D eigenvalue weighted by Gasteiger charge is -2.26. The van der Waals surface area contributed by atoms with E-state index in [1.807, 2.05) is 71.0 Å². The number of carbonyl (C=O) groups excluding carboxylic acids is 2. The van der Waals surface area contributed by atoms with Crippen LogP contribution < -0.4 is 20.5 Å². The molecule has 2 aliphatic rings. The Morgan fingerprint density at radius 1 is 1.05 bits per heavy atom. The second-order valence-corrected chi connectivity index (χ2v) is 11.9. The number of rotatable bonds is 11. The number of aromatic nitrogens is 1. The number of nitrogens with one attached hydrogen (secondary N) is 2. The fraction of sp³-hybridized carbons (Fsp3) is 0.457. The van der Waals surface area contributed by atoms with Gasteiger partial charge in [0.2, 0.25) is 5.91 Å². The summed E-state index contributed by atoms with van der Waals surface area (Å²) in [4.78, 5) is 46.6. The van der Waals surface area contributed by atoms with Gasteiger partial charge in [-0.15, -0.1) is 0 Å². The minimum absolute atomic E-state index is 0.0437. The van der Waals surface area contributed by atoms with E-state index in [1.54, 1.807) is 4.90 Å². The van der Waals surface area contributed by atoms with Gasteiger partial charge in [-0.1, -0.05) is 6.07 Å². The van der Waals surface area contributed by atoms with Gasteiger partial charge in [0.05, 0.1) is 13.2 Å². The van der Waals surface area contributed by atoms with Crippen LogP contribution in [0, 0.1) is 33.6 Å². The average Bonchev–Trinajstić information content (AvgIpc) is 3.84. The summed E-state index contributed by atoms with van der Waals surface area (Å²) in [6.07, 6.45) is 1.80. The highest BCUT2D eigenvalue weighted by Gasteiger charge is 2.34. The number of ether oxygens (including phenoxy) is 2. The van der Waals surface area contributed by atoms with Crippen molar-refractivity contribution in [3.05, 3.63) is 80.3 Å². The van der Waals surface area contributed by atoms with E-state index in [9.17, 15) is 14.4 Å². The van der Waals surface area contributed by atoms with Crippen LogP contribution in [-0.2, 0) is 16.1 Å². The van der Waals surface area contributed by atoms with Crippen LogP contribution in [0.25, 0.3) is 11.1 Å². The van der Waals surface area contributed by atoms with E-state index in [-0.39, 0.29) is 29.8 Å². The summed E-state index contributed by atoms with van der Waals surface area (Å²) < 4.78 is 11.5. The van der Waals surface area contributed by atoms with Gasteiger partial charge in [0.25, 0.3) is 11.5 Å². The summed E-state index contributed by atoms with van der Waals surface area (Å²) in [5, 5.41) is 2.96. The Labute approximate surface area is 259 Å². The second kappa shape index (κ2) is 13.8. The molecule has 2 heterocycles. The molecule has 0 radical (unpaired) electrons. The Hall–Kier alpha value is -3.95. The van der Waals surface area contributed by atoms with E-state index in [0.717, 1.165) is 90.6 Å². The normalized spacial score (nSPS) is 15.2. The summed E-state index contributed by atoms with van der Waals surface area (Å²) in [5.74, 6) is 0.645. The van der Waals surface area contributed by atoms with Gasteiger partial charge in [-0.25, -0.2) is 0 Å². The number of pyridine rings is 1. The zero-order valence-electron chi connectivity index (χ0n) is 26.5. The summed E-state index contributed by atoms with van der Waals surface area (Å²) in [5.41, 5.74) is 6.69. The topological polar surface area (TPSA) is 104 Å². The van der Waals surface area contributed by atoms with Gasteiger partial charge in [0.15, 0.2) is 0 Å². The number of carbonyl (C=O) groups is 2. The summed E-state index contributed by atoms with van der Waals surface area (Å²) in [7, 11) is 0. The molecule has 44 heavy (non-hydrogen) atoms. The first-order valence-electron chi connectivity index (χ1n) is 15.6. The van der Waals surface area contributed by atoms with Crippen molar-refractivity contribution in [3.63, 3.8) is 0 Å². The number of amides is 2. The molecule has 0 bridgehead atoms. The van der Waals surface area contributed by atoms with Crippen LogP contribution in [-0.4, -0.2) is 67.7 Å². The Morgan fingerprint density at radius 3 is 2.45 bits per heavy atom. The lowest BCUT2D eigenvalue weighted by atomic mass is 9.94. The predicted molar refractivity (Wildman–Crippen MR) is 173 cm³/mol. The van der Waals surface area contributed by atoms with E-state index >= 15 is 0 Å². The molecular formula is C35H44N4O5. The van der Waals surface area contributed by atoms with Crippen LogP contribution in [0.4, 0.5) is 5.69 Å². The van der Waals surface area contributed by atoms with Gasteiger partial charge in [0.1, 0.15) is 12.4 Å². The maximum Gasteiger partial charge on any atom is 0.253 e. The van der Waals surface area contributed by atoms with E-state index in [0.29, 0.717) is 24.3 Å². The third kappa shape index (κ3) is 7.22. The van der Waals surface area contributed by atoms with Crippen molar-refractivity contribution in [2.24, 2.45) is 5.92 Å². The van der Waals surface area contributed by atoms with Gasteiger partial charge in [-0.05, 0) is 106 Å². The average molecular weight is 601 g/mol. The minimum Gasteiger partial charge on any atom is -0.492 e. The maximum absolute atomic E-state index is 13.7. The molecule has 2 amide bonds. The molecule has 2 aromatic carbocycles.